The van der Waals surface area contributed by atoms with Crippen molar-refractivity contribution in [2.24, 2.45) is 0 Å². The van der Waals surface area contributed by atoms with Crippen molar-refractivity contribution in [3.8, 4) is 0 Å². The van der Waals surface area contributed by atoms with Crippen LogP contribution in [0.4, 0.5) is 0 Å². The Morgan fingerprint density at radius 2 is 2.67 bits per heavy atom. The zero-order valence-corrected chi connectivity index (χ0v) is 5.12. The van der Waals surface area contributed by atoms with Crippen molar-refractivity contribution < 1.29 is 0 Å². The molecule has 0 atom stereocenters. The quantitative estimate of drug-likeness (QED) is 0.597. The number of rotatable bonds is 3. The van der Waals surface area contributed by atoms with Gasteiger partial charge in [0.1, 0.15) is 0 Å². The van der Waals surface area contributed by atoms with E-state index in [0.29, 0.717) is 0 Å². The molecule has 0 aliphatic carbocycles. The highest BCUT2D eigenvalue weighted by molar-refractivity contribution is 4.85. The number of nitrogens with zero attached hydrogens (tertiary/aromatic N) is 2. The van der Waals surface area contributed by atoms with Crippen molar-refractivity contribution in [3.05, 3.63) is 31.1 Å². The molecule has 0 aliphatic rings. The van der Waals surface area contributed by atoms with Gasteiger partial charge >= 0.3 is 0 Å². The highest BCUT2D eigenvalue weighted by atomic mass is 15.5. The minimum atomic E-state index is 0.738. The number of hydrogen-bond donors (Lipinski definition) is 1. The third-order valence-electron chi connectivity index (χ3n) is 0.902. The van der Waals surface area contributed by atoms with Crippen LogP contribution in [0.15, 0.2) is 31.1 Å². The van der Waals surface area contributed by atoms with Gasteiger partial charge in [-0.2, -0.15) is 9.89 Å². The van der Waals surface area contributed by atoms with Gasteiger partial charge in [0.25, 0.3) is 0 Å². The minimum absolute atomic E-state index is 0.738. The van der Waals surface area contributed by atoms with Crippen molar-refractivity contribution in [1.82, 2.24) is 9.89 Å². The molecule has 48 valence electrons. The summed E-state index contributed by atoms with van der Waals surface area (Å²) in [5, 5.41) is 3.91. The van der Waals surface area contributed by atoms with E-state index in [9.17, 15) is 0 Å². The Kier molecular flexibility index (Phi) is 1.90. The van der Waals surface area contributed by atoms with Crippen LogP contribution in [-0.4, -0.2) is 16.4 Å². The lowest BCUT2D eigenvalue weighted by molar-refractivity contribution is 0.761. The van der Waals surface area contributed by atoms with Gasteiger partial charge in [0, 0.05) is 6.20 Å². The van der Waals surface area contributed by atoms with Crippen LogP contribution in [0.2, 0.25) is 0 Å². The molecule has 3 heteroatoms. The summed E-state index contributed by atoms with van der Waals surface area (Å²) >= 11 is 0. The summed E-state index contributed by atoms with van der Waals surface area (Å²) in [6, 6.07) is 1.86. The first-order valence-corrected chi connectivity index (χ1v) is 2.78. The third kappa shape index (κ3) is 1.60. The van der Waals surface area contributed by atoms with Crippen molar-refractivity contribution in [2.45, 2.75) is 0 Å². The average molecular weight is 123 g/mol. The fourth-order valence-electron chi connectivity index (χ4n) is 0.520. The van der Waals surface area contributed by atoms with E-state index in [0.717, 1.165) is 6.54 Å². The first-order chi connectivity index (χ1) is 4.43. The molecular formula is C6H9N3. The lowest BCUT2D eigenvalue weighted by Crippen LogP contribution is -2.14. The number of hydrogen-bond acceptors (Lipinski definition) is 2. The first-order valence-electron chi connectivity index (χ1n) is 2.78. The van der Waals surface area contributed by atoms with Crippen LogP contribution in [0.1, 0.15) is 0 Å². The van der Waals surface area contributed by atoms with Crippen LogP contribution >= 0.6 is 0 Å². The Labute approximate surface area is 54.0 Å². The lowest BCUT2D eigenvalue weighted by atomic mass is 10.7. The van der Waals surface area contributed by atoms with Gasteiger partial charge in [-0.25, -0.2) is 0 Å². The van der Waals surface area contributed by atoms with E-state index in [2.05, 4.69) is 17.1 Å². The van der Waals surface area contributed by atoms with E-state index in [4.69, 9.17) is 0 Å². The van der Waals surface area contributed by atoms with Gasteiger partial charge in [0.05, 0.1) is 12.7 Å². The summed E-state index contributed by atoms with van der Waals surface area (Å²) in [4.78, 5) is 1.64. The molecule has 3 nitrogen and oxygen atoms in total. The molecule has 0 spiro atoms. The monoisotopic (exact) mass is 123 g/mol. The molecule has 0 fully saturated rings. The molecule has 0 amide bonds. The van der Waals surface area contributed by atoms with Crippen molar-refractivity contribution in [3.63, 3.8) is 0 Å². The standard InChI is InChI=1S/C6H9N3/c1-2-4-7-9-6-3-5-8-9/h2-3,5-7H,1,4H2. The molecule has 0 radical (unpaired) electrons. The molecule has 9 heavy (non-hydrogen) atoms. The van der Waals surface area contributed by atoms with E-state index in [1.165, 1.54) is 0 Å². The summed E-state index contributed by atoms with van der Waals surface area (Å²) < 4.78 is 0. The fourth-order valence-corrected chi connectivity index (χ4v) is 0.520. The van der Waals surface area contributed by atoms with Crippen LogP contribution in [0.3, 0.4) is 0 Å². The molecule has 0 bridgehead atoms. The van der Waals surface area contributed by atoms with E-state index in [1.54, 1.807) is 17.1 Å². The zero-order chi connectivity index (χ0) is 6.53. The maximum atomic E-state index is 3.91. The molecule has 1 aromatic heterocycles. The Balaban J connectivity index is 2.38. The molecule has 0 aliphatic heterocycles. The van der Waals surface area contributed by atoms with E-state index in [1.807, 2.05) is 12.3 Å². The van der Waals surface area contributed by atoms with Gasteiger partial charge in [-0.05, 0) is 6.07 Å². The maximum Gasteiger partial charge on any atom is 0.0510 e. The molecule has 0 saturated heterocycles. The van der Waals surface area contributed by atoms with Gasteiger partial charge in [-0.15, -0.1) is 6.58 Å². The molecule has 1 N–H and O–H groups in total. The summed E-state index contributed by atoms with van der Waals surface area (Å²) in [5.74, 6) is 0. The molecule has 1 heterocycles. The van der Waals surface area contributed by atoms with Crippen LogP contribution in [0.5, 0.6) is 0 Å². The minimum Gasteiger partial charge on any atom is -0.306 e. The summed E-state index contributed by atoms with van der Waals surface area (Å²) in [5.41, 5.74) is 2.96. The molecule has 1 rings (SSSR count). The zero-order valence-electron chi connectivity index (χ0n) is 5.12. The Morgan fingerprint density at radius 3 is 3.22 bits per heavy atom. The predicted octanol–water partition coefficient (Wildman–Crippen LogP) is 0.613. The van der Waals surface area contributed by atoms with Crippen LogP contribution < -0.4 is 5.43 Å². The largest absolute Gasteiger partial charge is 0.306 e. The predicted molar refractivity (Wildman–Crippen MR) is 36.7 cm³/mol. The van der Waals surface area contributed by atoms with Crippen LogP contribution in [0.25, 0.3) is 0 Å². The van der Waals surface area contributed by atoms with Gasteiger partial charge in [0.2, 0.25) is 0 Å². The summed E-state index contributed by atoms with van der Waals surface area (Å²) in [6.07, 6.45) is 5.33. The van der Waals surface area contributed by atoms with Crippen LogP contribution in [0, 0.1) is 0 Å². The molecular weight excluding hydrogens is 114 g/mol. The molecule has 0 unspecified atom stereocenters. The second kappa shape index (κ2) is 2.91. The second-order valence-corrected chi connectivity index (χ2v) is 1.60. The molecule has 1 aromatic rings. The van der Waals surface area contributed by atoms with Crippen molar-refractivity contribution in [1.29, 1.82) is 0 Å². The highest BCUT2D eigenvalue weighted by Crippen LogP contribution is 1.77. The normalized spacial score (nSPS) is 8.89. The lowest BCUT2D eigenvalue weighted by Gasteiger charge is -1.99. The van der Waals surface area contributed by atoms with Gasteiger partial charge in [0.15, 0.2) is 0 Å². The average Bonchev–Trinajstić information content (AvgIpc) is 2.34. The molecule has 0 saturated carbocycles. The van der Waals surface area contributed by atoms with Gasteiger partial charge in [-0.3, -0.25) is 0 Å². The fraction of sp³-hybridized carbons (Fsp3) is 0.167. The van der Waals surface area contributed by atoms with E-state index in [-0.39, 0.29) is 0 Å². The first kappa shape index (κ1) is 5.88. The third-order valence-corrected chi connectivity index (χ3v) is 0.902. The summed E-state index contributed by atoms with van der Waals surface area (Å²) in [6.45, 7) is 4.29. The second-order valence-electron chi connectivity index (χ2n) is 1.60. The molecule has 0 aromatic carbocycles. The van der Waals surface area contributed by atoms with Crippen LogP contribution in [-0.2, 0) is 0 Å². The maximum absolute atomic E-state index is 3.91. The summed E-state index contributed by atoms with van der Waals surface area (Å²) in [7, 11) is 0. The Hall–Kier alpha value is -1.25. The van der Waals surface area contributed by atoms with Gasteiger partial charge < -0.3 is 5.43 Å². The highest BCUT2D eigenvalue weighted by Gasteiger charge is 1.80. The number of nitrogens with one attached hydrogen (secondary N) is 1. The van der Waals surface area contributed by atoms with E-state index < -0.39 is 0 Å². The smallest absolute Gasteiger partial charge is 0.0510 e. The topological polar surface area (TPSA) is 29.9 Å². The van der Waals surface area contributed by atoms with E-state index >= 15 is 0 Å². The van der Waals surface area contributed by atoms with Crippen molar-refractivity contribution in [2.75, 3.05) is 12.0 Å². The SMILES string of the molecule is C=CCNn1cccn1. The number of aromatic nitrogens is 2. The Bertz CT molecular complexity index is 166. The Morgan fingerprint density at radius 1 is 1.78 bits per heavy atom. The van der Waals surface area contributed by atoms with Gasteiger partial charge in [-0.1, -0.05) is 6.08 Å². The van der Waals surface area contributed by atoms with Crippen molar-refractivity contribution >= 4 is 0 Å².